The fourth-order valence-electron chi connectivity index (χ4n) is 0.710. The summed E-state index contributed by atoms with van der Waals surface area (Å²) < 4.78 is 4.63. The third-order valence-electron chi connectivity index (χ3n) is 1.34. The predicted octanol–water partition coefficient (Wildman–Crippen LogP) is -0.725. The molecule has 0 aliphatic carbocycles. The van der Waals surface area contributed by atoms with E-state index in [2.05, 4.69) is 15.4 Å². The summed E-state index contributed by atoms with van der Waals surface area (Å²) in [5.41, 5.74) is 0. The molecule has 5 heteroatoms. The number of hydrogen-bond donors (Lipinski definition) is 2. The van der Waals surface area contributed by atoms with E-state index in [1.165, 1.54) is 0 Å². The molecule has 0 saturated carbocycles. The highest BCUT2D eigenvalue weighted by Crippen LogP contribution is 1.78. The van der Waals surface area contributed by atoms with Crippen molar-refractivity contribution in [2.24, 2.45) is 0 Å². The Morgan fingerprint density at radius 1 is 1.38 bits per heavy atom. The Bertz CT molecular complexity index is 171. The number of nitrogens with one attached hydrogen (secondary N) is 2. The van der Waals surface area contributed by atoms with Gasteiger partial charge in [-0.1, -0.05) is 0 Å². The zero-order valence-electron chi connectivity index (χ0n) is 8.05. The van der Waals surface area contributed by atoms with E-state index in [0.717, 1.165) is 0 Å². The SMILES string of the molecule is CCOC(=O)CNC(=O)CCNC. The normalized spacial score (nSPS) is 9.38. The first-order valence-corrected chi connectivity index (χ1v) is 4.27. The van der Waals surface area contributed by atoms with Gasteiger partial charge in [0.15, 0.2) is 0 Å². The Hall–Kier alpha value is -1.10. The average molecular weight is 188 g/mol. The van der Waals surface area contributed by atoms with E-state index < -0.39 is 5.97 Å². The first kappa shape index (κ1) is 11.9. The standard InChI is InChI=1S/C8H16N2O3/c1-3-13-8(12)6-10-7(11)4-5-9-2/h9H,3-6H2,1-2H3,(H,10,11). The second-order valence-electron chi connectivity index (χ2n) is 2.44. The molecule has 5 nitrogen and oxygen atoms in total. The highest BCUT2D eigenvalue weighted by atomic mass is 16.5. The van der Waals surface area contributed by atoms with Gasteiger partial charge in [0.05, 0.1) is 6.61 Å². The average Bonchev–Trinajstić information content (AvgIpc) is 2.12. The van der Waals surface area contributed by atoms with Crippen LogP contribution in [0.1, 0.15) is 13.3 Å². The Kier molecular flexibility index (Phi) is 6.91. The lowest BCUT2D eigenvalue weighted by Gasteiger charge is -2.04. The van der Waals surface area contributed by atoms with Gasteiger partial charge in [-0.05, 0) is 14.0 Å². The van der Waals surface area contributed by atoms with Crippen molar-refractivity contribution in [2.45, 2.75) is 13.3 Å². The Morgan fingerprint density at radius 2 is 2.08 bits per heavy atom. The van der Waals surface area contributed by atoms with E-state index in [1.807, 2.05) is 0 Å². The molecule has 0 aliphatic rings. The van der Waals surface area contributed by atoms with Gasteiger partial charge in [0.1, 0.15) is 6.54 Å². The minimum absolute atomic E-state index is 0.0453. The van der Waals surface area contributed by atoms with Crippen LogP contribution in [0.25, 0.3) is 0 Å². The largest absolute Gasteiger partial charge is 0.465 e. The van der Waals surface area contributed by atoms with Gasteiger partial charge in [0, 0.05) is 13.0 Å². The maximum atomic E-state index is 11.0. The van der Waals surface area contributed by atoms with Crippen molar-refractivity contribution in [3.63, 3.8) is 0 Å². The molecule has 0 heterocycles. The molecule has 0 aliphatic heterocycles. The van der Waals surface area contributed by atoms with Gasteiger partial charge in [0.25, 0.3) is 0 Å². The molecule has 0 spiro atoms. The molecule has 0 atom stereocenters. The van der Waals surface area contributed by atoms with E-state index in [0.29, 0.717) is 19.6 Å². The summed E-state index contributed by atoms with van der Waals surface area (Å²) in [6.45, 7) is 2.62. The second-order valence-corrected chi connectivity index (χ2v) is 2.44. The summed E-state index contributed by atoms with van der Waals surface area (Å²) in [4.78, 5) is 21.7. The van der Waals surface area contributed by atoms with Gasteiger partial charge in [-0.3, -0.25) is 9.59 Å². The molecule has 0 radical (unpaired) electrons. The molecule has 0 saturated heterocycles. The summed E-state index contributed by atoms with van der Waals surface area (Å²) in [6.07, 6.45) is 0.371. The van der Waals surface area contributed by atoms with Gasteiger partial charge in [0.2, 0.25) is 5.91 Å². The van der Waals surface area contributed by atoms with Crippen molar-refractivity contribution in [3.05, 3.63) is 0 Å². The van der Waals surface area contributed by atoms with E-state index in [1.54, 1.807) is 14.0 Å². The molecule has 0 bridgehead atoms. The minimum atomic E-state index is -0.402. The highest BCUT2D eigenvalue weighted by Gasteiger charge is 2.04. The molecular formula is C8H16N2O3. The van der Waals surface area contributed by atoms with E-state index in [4.69, 9.17) is 0 Å². The van der Waals surface area contributed by atoms with Crippen LogP contribution in [0, 0.1) is 0 Å². The Balaban J connectivity index is 3.40. The Morgan fingerprint density at radius 3 is 2.62 bits per heavy atom. The lowest BCUT2D eigenvalue weighted by Crippen LogP contribution is -2.32. The molecule has 2 N–H and O–H groups in total. The molecule has 0 aromatic carbocycles. The first-order valence-electron chi connectivity index (χ1n) is 4.27. The van der Waals surface area contributed by atoms with Gasteiger partial charge in [-0.15, -0.1) is 0 Å². The minimum Gasteiger partial charge on any atom is -0.465 e. The van der Waals surface area contributed by atoms with E-state index >= 15 is 0 Å². The zero-order chi connectivity index (χ0) is 10.1. The molecule has 13 heavy (non-hydrogen) atoms. The number of carbonyl (C=O) groups excluding carboxylic acids is 2. The second kappa shape index (κ2) is 7.54. The molecule has 76 valence electrons. The highest BCUT2D eigenvalue weighted by molar-refractivity contribution is 5.81. The summed E-state index contributed by atoms with van der Waals surface area (Å²) in [5.74, 6) is -0.553. The molecular weight excluding hydrogens is 172 g/mol. The zero-order valence-corrected chi connectivity index (χ0v) is 8.05. The quantitative estimate of drug-likeness (QED) is 0.540. The van der Waals surface area contributed by atoms with Crippen molar-refractivity contribution in [1.29, 1.82) is 0 Å². The molecule has 0 unspecified atom stereocenters. The third kappa shape index (κ3) is 7.27. The van der Waals surface area contributed by atoms with Crippen LogP contribution in [0.15, 0.2) is 0 Å². The number of rotatable bonds is 6. The first-order chi connectivity index (χ1) is 6.20. The van der Waals surface area contributed by atoms with Crippen molar-refractivity contribution in [2.75, 3.05) is 26.7 Å². The smallest absolute Gasteiger partial charge is 0.325 e. The maximum absolute atomic E-state index is 11.0. The van der Waals surface area contributed by atoms with Crippen molar-refractivity contribution >= 4 is 11.9 Å². The predicted molar refractivity (Wildman–Crippen MR) is 48.2 cm³/mol. The van der Waals surface area contributed by atoms with Crippen LogP contribution in [0.5, 0.6) is 0 Å². The van der Waals surface area contributed by atoms with Crippen LogP contribution < -0.4 is 10.6 Å². The van der Waals surface area contributed by atoms with Gasteiger partial charge in [-0.2, -0.15) is 0 Å². The maximum Gasteiger partial charge on any atom is 0.325 e. The van der Waals surface area contributed by atoms with Gasteiger partial charge in [-0.25, -0.2) is 0 Å². The molecule has 0 rings (SSSR count). The number of esters is 1. The number of hydrogen-bond acceptors (Lipinski definition) is 4. The summed E-state index contributed by atoms with van der Waals surface area (Å²) >= 11 is 0. The van der Waals surface area contributed by atoms with Crippen LogP contribution in [0.2, 0.25) is 0 Å². The molecule has 1 amide bonds. The summed E-state index contributed by atoms with van der Waals surface area (Å²) in [7, 11) is 1.76. The lowest BCUT2D eigenvalue weighted by atomic mass is 10.4. The summed E-state index contributed by atoms with van der Waals surface area (Å²) in [5, 5.41) is 5.28. The number of ether oxygens (including phenoxy) is 1. The van der Waals surface area contributed by atoms with E-state index in [-0.39, 0.29) is 12.5 Å². The van der Waals surface area contributed by atoms with Crippen LogP contribution in [-0.2, 0) is 14.3 Å². The van der Waals surface area contributed by atoms with Crippen LogP contribution in [0.3, 0.4) is 0 Å². The van der Waals surface area contributed by atoms with Crippen LogP contribution in [0.4, 0.5) is 0 Å². The van der Waals surface area contributed by atoms with Crippen molar-refractivity contribution < 1.29 is 14.3 Å². The third-order valence-corrected chi connectivity index (χ3v) is 1.34. The Labute approximate surface area is 77.8 Å². The van der Waals surface area contributed by atoms with E-state index in [9.17, 15) is 9.59 Å². The molecule has 0 aromatic heterocycles. The monoisotopic (exact) mass is 188 g/mol. The lowest BCUT2D eigenvalue weighted by molar-refractivity contribution is -0.143. The van der Waals surface area contributed by atoms with Crippen LogP contribution >= 0.6 is 0 Å². The molecule has 0 aromatic rings. The van der Waals surface area contributed by atoms with Crippen molar-refractivity contribution in [3.8, 4) is 0 Å². The van der Waals surface area contributed by atoms with Crippen LogP contribution in [-0.4, -0.2) is 38.6 Å². The fourth-order valence-corrected chi connectivity index (χ4v) is 0.710. The van der Waals surface area contributed by atoms with Crippen molar-refractivity contribution in [1.82, 2.24) is 10.6 Å². The summed E-state index contributed by atoms with van der Waals surface area (Å²) in [6, 6.07) is 0. The van der Waals surface area contributed by atoms with Gasteiger partial charge >= 0.3 is 5.97 Å². The van der Waals surface area contributed by atoms with Gasteiger partial charge < -0.3 is 15.4 Å². The molecule has 0 fully saturated rings. The number of amides is 1. The topological polar surface area (TPSA) is 67.4 Å². The number of carbonyl (C=O) groups is 2. The fraction of sp³-hybridized carbons (Fsp3) is 0.750.